The topological polar surface area (TPSA) is 12.0 Å². The number of benzene rings is 1. The van der Waals surface area contributed by atoms with Crippen molar-refractivity contribution in [2.75, 3.05) is 7.05 Å². The van der Waals surface area contributed by atoms with E-state index in [1.54, 1.807) is 0 Å². The lowest BCUT2D eigenvalue weighted by atomic mass is 10.0. The van der Waals surface area contributed by atoms with E-state index in [1.165, 1.54) is 7.05 Å². The zero-order valence-electron chi connectivity index (χ0n) is 8.65. The Morgan fingerprint density at radius 2 is 1.76 bits per heavy atom. The molecule has 1 aromatic carbocycles. The first kappa shape index (κ1) is 13.8. The third-order valence-corrected chi connectivity index (χ3v) is 2.22. The third-order valence-electron chi connectivity index (χ3n) is 2.22. The van der Waals surface area contributed by atoms with Gasteiger partial charge in [-0.25, -0.2) is 13.2 Å². The molecule has 1 N–H and O–H groups in total. The first-order valence-electron chi connectivity index (χ1n) is 4.59. The second-order valence-electron chi connectivity index (χ2n) is 3.34. The van der Waals surface area contributed by atoms with E-state index in [2.05, 4.69) is 5.32 Å². The molecule has 0 aromatic heterocycles. The summed E-state index contributed by atoms with van der Waals surface area (Å²) in [6, 6.07) is 0.263. The van der Waals surface area contributed by atoms with Gasteiger partial charge in [0, 0.05) is 0 Å². The van der Waals surface area contributed by atoms with E-state index in [4.69, 9.17) is 0 Å². The molecule has 1 nitrogen and oxygen atoms in total. The minimum atomic E-state index is -4.83. The normalized spacial score (nSPS) is 14.1. The van der Waals surface area contributed by atoms with Crippen molar-refractivity contribution < 1.29 is 26.3 Å². The van der Waals surface area contributed by atoms with Crippen molar-refractivity contribution in [3.8, 4) is 0 Å². The summed E-state index contributed by atoms with van der Waals surface area (Å²) in [7, 11) is 1.21. The molecule has 0 spiro atoms. The van der Waals surface area contributed by atoms with Gasteiger partial charge in [-0.15, -0.1) is 0 Å². The van der Waals surface area contributed by atoms with Gasteiger partial charge in [-0.1, -0.05) is 6.07 Å². The molecule has 96 valence electrons. The fourth-order valence-electron chi connectivity index (χ4n) is 1.39. The Balaban J connectivity index is 3.12. The monoisotopic (exact) mass is 257 g/mol. The molecule has 7 heteroatoms. The van der Waals surface area contributed by atoms with Crippen LogP contribution in [0.15, 0.2) is 18.2 Å². The summed E-state index contributed by atoms with van der Waals surface area (Å²) < 4.78 is 74.7. The van der Waals surface area contributed by atoms with E-state index >= 15 is 0 Å². The van der Waals surface area contributed by atoms with Gasteiger partial charge in [0.25, 0.3) is 6.43 Å². The molecule has 17 heavy (non-hydrogen) atoms. The minimum absolute atomic E-state index is 0.229. The summed E-state index contributed by atoms with van der Waals surface area (Å²) in [4.78, 5) is 0. The molecule has 1 aromatic rings. The Hall–Kier alpha value is -1.24. The summed E-state index contributed by atoms with van der Waals surface area (Å²) in [6.45, 7) is 0. The van der Waals surface area contributed by atoms with Crippen LogP contribution in [0.3, 0.4) is 0 Å². The van der Waals surface area contributed by atoms with Gasteiger partial charge < -0.3 is 5.32 Å². The molecule has 0 amide bonds. The highest BCUT2D eigenvalue weighted by Crippen LogP contribution is 2.33. The molecule has 1 atom stereocenters. The number of nitrogens with one attached hydrogen (secondary N) is 1. The summed E-state index contributed by atoms with van der Waals surface area (Å²) in [5.74, 6) is -1.56. The molecule has 0 bridgehead atoms. The first-order valence-corrected chi connectivity index (χ1v) is 4.59. The molecular weight excluding hydrogens is 248 g/mol. The molecule has 1 rings (SSSR count). The highest BCUT2D eigenvalue weighted by atomic mass is 19.4. The average molecular weight is 257 g/mol. The Morgan fingerprint density at radius 1 is 1.18 bits per heavy atom. The van der Waals surface area contributed by atoms with E-state index in [-0.39, 0.29) is 5.56 Å². The van der Waals surface area contributed by atoms with Gasteiger partial charge in [0.05, 0.1) is 11.6 Å². The van der Waals surface area contributed by atoms with Crippen LogP contribution in [0.1, 0.15) is 17.2 Å². The van der Waals surface area contributed by atoms with E-state index in [9.17, 15) is 26.3 Å². The summed E-state index contributed by atoms with van der Waals surface area (Å²) in [5.41, 5.74) is -1.70. The SMILES string of the molecule is CNC(c1ccc(C(F)(F)F)c(F)c1)C(F)F. The maximum Gasteiger partial charge on any atom is 0.419 e. The number of hydrogen-bond donors (Lipinski definition) is 1. The zero-order valence-corrected chi connectivity index (χ0v) is 8.65. The van der Waals surface area contributed by atoms with Crippen LogP contribution in [0.4, 0.5) is 26.3 Å². The zero-order chi connectivity index (χ0) is 13.2. The van der Waals surface area contributed by atoms with E-state index in [0.29, 0.717) is 12.1 Å². The molecule has 1 unspecified atom stereocenters. The predicted octanol–water partition coefficient (Wildman–Crippen LogP) is 3.37. The van der Waals surface area contributed by atoms with Crippen LogP contribution in [0.2, 0.25) is 0 Å². The lowest BCUT2D eigenvalue weighted by molar-refractivity contribution is -0.140. The van der Waals surface area contributed by atoms with Crippen molar-refractivity contribution in [1.29, 1.82) is 0 Å². The van der Waals surface area contributed by atoms with Crippen LogP contribution >= 0.6 is 0 Å². The fraction of sp³-hybridized carbons (Fsp3) is 0.400. The number of alkyl halides is 5. The van der Waals surface area contributed by atoms with Crippen LogP contribution in [0, 0.1) is 5.82 Å². The molecule has 0 heterocycles. The van der Waals surface area contributed by atoms with Crippen LogP contribution in [-0.4, -0.2) is 13.5 Å². The predicted molar refractivity (Wildman–Crippen MR) is 49.2 cm³/mol. The van der Waals surface area contributed by atoms with Gasteiger partial charge in [0.2, 0.25) is 0 Å². The molecular formula is C10H9F6N. The maximum atomic E-state index is 13.1. The quantitative estimate of drug-likeness (QED) is 0.818. The third kappa shape index (κ3) is 3.12. The van der Waals surface area contributed by atoms with Crippen molar-refractivity contribution in [3.05, 3.63) is 35.1 Å². The second-order valence-corrected chi connectivity index (χ2v) is 3.34. The fourth-order valence-corrected chi connectivity index (χ4v) is 1.39. The average Bonchev–Trinajstić information content (AvgIpc) is 2.15. The second kappa shape index (κ2) is 4.95. The van der Waals surface area contributed by atoms with Gasteiger partial charge in [-0.3, -0.25) is 0 Å². The van der Waals surface area contributed by atoms with Crippen molar-refractivity contribution in [1.82, 2.24) is 5.32 Å². The Kier molecular flexibility index (Phi) is 4.03. The largest absolute Gasteiger partial charge is 0.419 e. The molecule has 0 fully saturated rings. The molecule has 0 aliphatic rings. The standard InChI is InChI=1S/C10H9F6N/c1-17-8(9(12)13)5-2-3-6(7(11)4-5)10(14,15)16/h2-4,8-9,17H,1H3. The van der Waals surface area contributed by atoms with Crippen LogP contribution in [0.5, 0.6) is 0 Å². The molecule has 0 aliphatic carbocycles. The Labute approximate surface area is 93.4 Å². The van der Waals surface area contributed by atoms with Crippen molar-refractivity contribution >= 4 is 0 Å². The highest BCUT2D eigenvalue weighted by Gasteiger charge is 2.34. The van der Waals surface area contributed by atoms with Crippen molar-refractivity contribution in [3.63, 3.8) is 0 Å². The lowest BCUT2D eigenvalue weighted by Gasteiger charge is -2.16. The lowest BCUT2D eigenvalue weighted by Crippen LogP contribution is -2.24. The summed E-state index contributed by atoms with van der Waals surface area (Å²) >= 11 is 0. The number of hydrogen-bond acceptors (Lipinski definition) is 1. The van der Waals surface area contributed by atoms with Gasteiger partial charge in [-0.05, 0) is 24.7 Å². The summed E-state index contributed by atoms with van der Waals surface area (Å²) in [5, 5.41) is 2.21. The Bertz CT molecular complexity index is 387. The molecule has 0 aliphatic heterocycles. The van der Waals surface area contributed by atoms with Crippen LogP contribution < -0.4 is 5.32 Å². The van der Waals surface area contributed by atoms with Crippen molar-refractivity contribution in [2.24, 2.45) is 0 Å². The molecule has 0 saturated carbocycles. The molecule has 0 radical (unpaired) electrons. The smallest absolute Gasteiger partial charge is 0.308 e. The van der Waals surface area contributed by atoms with Crippen LogP contribution in [-0.2, 0) is 6.18 Å². The molecule has 0 saturated heterocycles. The van der Waals surface area contributed by atoms with Gasteiger partial charge in [-0.2, -0.15) is 13.2 Å². The minimum Gasteiger partial charge on any atom is -0.308 e. The Morgan fingerprint density at radius 3 is 2.12 bits per heavy atom. The van der Waals surface area contributed by atoms with Crippen LogP contribution in [0.25, 0.3) is 0 Å². The van der Waals surface area contributed by atoms with Crippen molar-refractivity contribution in [2.45, 2.75) is 18.6 Å². The summed E-state index contributed by atoms with van der Waals surface area (Å²) in [6.07, 6.45) is -7.67. The number of rotatable bonds is 3. The number of halogens is 6. The van der Waals surface area contributed by atoms with Gasteiger partial charge >= 0.3 is 6.18 Å². The van der Waals surface area contributed by atoms with Gasteiger partial charge in [0.15, 0.2) is 0 Å². The van der Waals surface area contributed by atoms with Gasteiger partial charge in [0.1, 0.15) is 5.82 Å². The first-order chi connectivity index (χ1) is 7.77. The van der Waals surface area contributed by atoms with E-state index < -0.39 is 30.0 Å². The van der Waals surface area contributed by atoms with E-state index in [0.717, 1.165) is 6.07 Å². The van der Waals surface area contributed by atoms with E-state index in [1.807, 2.05) is 0 Å². The maximum absolute atomic E-state index is 13.1. The highest BCUT2D eigenvalue weighted by molar-refractivity contribution is 5.28.